The first kappa shape index (κ1) is 16.9. The summed E-state index contributed by atoms with van der Waals surface area (Å²) < 4.78 is 5.39. The summed E-state index contributed by atoms with van der Waals surface area (Å²) in [5.74, 6) is -0.0578. The lowest BCUT2D eigenvalue weighted by atomic mass is 10.1. The Bertz CT molecular complexity index is 673. The Hall–Kier alpha value is -1.42. The predicted octanol–water partition coefficient (Wildman–Crippen LogP) is 5.28. The van der Waals surface area contributed by atoms with E-state index in [0.29, 0.717) is 20.8 Å². The molecule has 6 heteroatoms. The highest BCUT2D eigenvalue weighted by molar-refractivity contribution is 6.37. The van der Waals surface area contributed by atoms with Crippen molar-refractivity contribution in [1.29, 1.82) is 0 Å². The molecule has 22 heavy (non-hydrogen) atoms. The van der Waals surface area contributed by atoms with Crippen molar-refractivity contribution in [3.8, 4) is 5.75 Å². The summed E-state index contributed by atoms with van der Waals surface area (Å²) in [4.78, 5) is 12.0. The van der Waals surface area contributed by atoms with Gasteiger partial charge in [0.05, 0.1) is 20.8 Å². The molecule has 0 radical (unpaired) electrons. The number of carbonyl (C=O) groups is 1. The Morgan fingerprint density at radius 2 is 1.73 bits per heavy atom. The lowest BCUT2D eigenvalue weighted by Gasteiger charge is -2.13. The first-order valence-corrected chi connectivity index (χ1v) is 7.65. The molecule has 0 atom stereocenters. The van der Waals surface area contributed by atoms with E-state index in [0.717, 1.165) is 11.1 Å². The number of nitrogens with one attached hydrogen (secondary N) is 1. The Morgan fingerprint density at radius 1 is 1.09 bits per heavy atom. The summed E-state index contributed by atoms with van der Waals surface area (Å²) in [6.07, 6.45) is 0. The molecule has 0 aliphatic carbocycles. The normalized spacial score (nSPS) is 10.4. The second-order valence-corrected chi connectivity index (χ2v) is 6.05. The van der Waals surface area contributed by atoms with Crippen LogP contribution in [0.4, 0.5) is 5.69 Å². The molecular formula is C16H14Cl3NO2. The minimum absolute atomic E-state index is 0.215. The minimum Gasteiger partial charge on any atom is -0.481 e. The van der Waals surface area contributed by atoms with Crippen molar-refractivity contribution in [2.75, 3.05) is 11.9 Å². The van der Waals surface area contributed by atoms with Gasteiger partial charge in [-0.25, -0.2) is 0 Å². The number of hydrogen-bond donors (Lipinski definition) is 1. The van der Waals surface area contributed by atoms with E-state index >= 15 is 0 Å². The van der Waals surface area contributed by atoms with Crippen LogP contribution in [-0.4, -0.2) is 12.5 Å². The standard InChI is InChI=1S/C16H14Cl3NO2/c1-9-6-10(2)15(13(19)7-9)20-14(21)8-22-16-11(17)4-3-5-12(16)18/h3-7H,8H2,1-2H3,(H,20,21). The van der Waals surface area contributed by atoms with E-state index < -0.39 is 0 Å². The molecule has 2 rings (SSSR count). The number of halogens is 3. The van der Waals surface area contributed by atoms with Crippen LogP contribution in [0.15, 0.2) is 30.3 Å². The second-order valence-electron chi connectivity index (χ2n) is 4.83. The highest BCUT2D eigenvalue weighted by Crippen LogP contribution is 2.32. The largest absolute Gasteiger partial charge is 0.481 e. The highest BCUT2D eigenvalue weighted by atomic mass is 35.5. The van der Waals surface area contributed by atoms with Crippen LogP contribution < -0.4 is 10.1 Å². The summed E-state index contributed by atoms with van der Waals surface area (Å²) >= 11 is 18.1. The number of para-hydroxylation sites is 1. The van der Waals surface area contributed by atoms with Crippen LogP contribution in [0.3, 0.4) is 0 Å². The van der Waals surface area contributed by atoms with Crippen molar-refractivity contribution in [2.45, 2.75) is 13.8 Å². The van der Waals surface area contributed by atoms with Crippen LogP contribution >= 0.6 is 34.8 Å². The van der Waals surface area contributed by atoms with E-state index in [1.807, 2.05) is 19.9 Å². The summed E-state index contributed by atoms with van der Waals surface area (Å²) in [6, 6.07) is 8.71. The second kappa shape index (κ2) is 7.23. The Labute approximate surface area is 144 Å². The molecule has 116 valence electrons. The zero-order chi connectivity index (χ0) is 16.3. The van der Waals surface area contributed by atoms with E-state index in [-0.39, 0.29) is 18.3 Å². The van der Waals surface area contributed by atoms with Gasteiger partial charge in [0.25, 0.3) is 5.91 Å². The fourth-order valence-corrected chi connectivity index (χ4v) is 2.88. The van der Waals surface area contributed by atoms with Gasteiger partial charge < -0.3 is 10.1 Å². The Morgan fingerprint density at radius 3 is 2.32 bits per heavy atom. The molecule has 0 unspecified atom stereocenters. The fourth-order valence-electron chi connectivity index (χ4n) is 2.01. The summed E-state index contributed by atoms with van der Waals surface area (Å²) in [7, 11) is 0. The molecule has 1 amide bonds. The van der Waals surface area contributed by atoms with Gasteiger partial charge in [0.2, 0.25) is 0 Å². The molecule has 2 aromatic carbocycles. The first-order chi connectivity index (χ1) is 10.4. The summed E-state index contributed by atoms with van der Waals surface area (Å²) in [6.45, 7) is 3.60. The van der Waals surface area contributed by atoms with Crippen LogP contribution in [0.1, 0.15) is 11.1 Å². The molecule has 0 heterocycles. The van der Waals surface area contributed by atoms with Crippen LogP contribution in [0, 0.1) is 13.8 Å². The molecule has 0 saturated heterocycles. The minimum atomic E-state index is -0.343. The maximum Gasteiger partial charge on any atom is 0.262 e. The summed E-state index contributed by atoms with van der Waals surface area (Å²) in [5.41, 5.74) is 2.49. The zero-order valence-electron chi connectivity index (χ0n) is 12.0. The number of carbonyl (C=O) groups excluding carboxylic acids is 1. The van der Waals surface area contributed by atoms with Crippen molar-refractivity contribution >= 4 is 46.4 Å². The molecule has 2 aromatic rings. The maximum atomic E-state index is 12.0. The number of ether oxygens (including phenoxy) is 1. The Balaban J connectivity index is 2.05. The van der Waals surface area contributed by atoms with E-state index in [9.17, 15) is 4.79 Å². The lowest BCUT2D eigenvalue weighted by Crippen LogP contribution is -2.21. The number of anilines is 1. The van der Waals surface area contributed by atoms with Gasteiger partial charge in [0.15, 0.2) is 12.4 Å². The number of rotatable bonds is 4. The number of amides is 1. The SMILES string of the molecule is Cc1cc(C)c(NC(=O)COc2c(Cl)cccc2Cl)c(Cl)c1. The molecule has 1 N–H and O–H groups in total. The first-order valence-electron chi connectivity index (χ1n) is 6.52. The smallest absolute Gasteiger partial charge is 0.262 e. The summed E-state index contributed by atoms with van der Waals surface area (Å²) in [5, 5.41) is 3.92. The van der Waals surface area contributed by atoms with Gasteiger partial charge >= 0.3 is 0 Å². The third kappa shape index (κ3) is 4.07. The molecule has 0 spiro atoms. The van der Waals surface area contributed by atoms with E-state index in [1.54, 1.807) is 24.3 Å². The van der Waals surface area contributed by atoms with Crippen LogP contribution in [0.2, 0.25) is 15.1 Å². The molecule has 0 aliphatic rings. The zero-order valence-corrected chi connectivity index (χ0v) is 14.3. The third-order valence-electron chi connectivity index (χ3n) is 2.96. The van der Waals surface area contributed by atoms with Crippen LogP contribution in [-0.2, 0) is 4.79 Å². The third-order valence-corrected chi connectivity index (χ3v) is 3.86. The van der Waals surface area contributed by atoms with Crippen LogP contribution in [0.5, 0.6) is 5.75 Å². The molecule has 0 saturated carbocycles. The van der Waals surface area contributed by atoms with E-state index in [1.165, 1.54) is 0 Å². The van der Waals surface area contributed by atoms with Gasteiger partial charge in [-0.2, -0.15) is 0 Å². The number of hydrogen-bond acceptors (Lipinski definition) is 2. The van der Waals surface area contributed by atoms with Crippen LogP contribution in [0.25, 0.3) is 0 Å². The van der Waals surface area contributed by atoms with Crippen molar-refractivity contribution in [1.82, 2.24) is 0 Å². The van der Waals surface area contributed by atoms with E-state index in [4.69, 9.17) is 39.5 Å². The van der Waals surface area contributed by atoms with Crippen molar-refractivity contribution in [3.05, 3.63) is 56.5 Å². The Kier molecular flexibility index (Phi) is 5.57. The molecule has 0 aliphatic heterocycles. The van der Waals surface area contributed by atoms with E-state index in [2.05, 4.69) is 5.32 Å². The van der Waals surface area contributed by atoms with Gasteiger partial charge in [-0.3, -0.25) is 4.79 Å². The molecule has 0 bridgehead atoms. The van der Waals surface area contributed by atoms with Gasteiger partial charge in [0.1, 0.15) is 0 Å². The topological polar surface area (TPSA) is 38.3 Å². The van der Waals surface area contributed by atoms with Gasteiger partial charge in [-0.1, -0.05) is 46.9 Å². The van der Waals surface area contributed by atoms with Gasteiger partial charge in [-0.15, -0.1) is 0 Å². The maximum absolute atomic E-state index is 12.0. The highest BCUT2D eigenvalue weighted by Gasteiger charge is 2.12. The van der Waals surface area contributed by atoms with Crippen molar-refractivity contribution < 1.29 is 9.53 Å². The lowest BCUT2D eigenvalue weighted by molar-refractivity contribution is -0.118. The molecule has 3 nitrogen and oxygen atoms in total. The number of benzene rings is 2. The number of aryl methyl sites for hydroxylation is 2. The quantitative estimate of drug-likeness (QED) is 0.807. The van der Waals surface area contributed by atoms with Gasteiger partial charge in [0, 0.05) is 0 Å². The fraction of sp³-hybridized carbons (Fsp3) is 0.188. The predicted molar refractivity (Wildman–Crippen MR) is 91.5 cm³/mol. The van der Waals surface area contributed by atoms with Gasteiger partial charge in [-0.05, 0) is 43.2 Å². The molecular weight excluding hydrogens is 345 g/mol. The van der Waals surface area contributed by atoms with Crippen molar-refractivity contribution in [2.24, 2.45) is 0 Å². The average Bonchev–Trinajstić information content (AvgIpc) is 2.42. The average molecular weight is 359 g/mol. The monoisotopic (exact) mass is 357 g/mol. The van der Waals surface area contributed by atoms with Crippen molar-refractivity contribution in [3.63, 3.8) is 0 Å². The molecule has 0 fully saturated rings. The molecule has 0 aromatic heterocycles.